The fourth-order valence-electron chi connectivity index (χ4n) is 1.50. The van der Waals surface area contributed by atoms with E-state index in [0.717, 1.165) is 12.1 Å². The van der Waals surface area contributed by atoms with Crippen LogP contribution in [0.1, 0.15) is 0 Å². The van der Waals surface area contributed by atoms with Gasteiger partial charge >= 0.3 is 17.8 Å². The minimum atomic E-state index is -4.50. The zero-order valence-corrected chi connectivity index (χ0v) is 10.3. The predicted molar refractivity (Wildman–Crippen MR) is 64.8 cm³/mol. The molecule has 0 aliphatic rings. The highest BCUT2D eigenvalue weighted by Gasteiger charge is 2.15. The molecule has 9 nitrogen and oxygen atoms in total. The number of anilines is 3. The normalized spacial score (nSPS) is 11.4. The van der Waals surface area contributed by atoms with Gasteiger partial charge < -0.3 is 21.8 Å². The molecule has 0 radical (unpaired) electrons. The minimum Gasteiger partial charge on any atom is -0.744 e. The molecule has 0 atom stereocenters. The van der Waals surface area contributed by atoms with Crippen LogP contribution < -0.4 is 21.8 Å². The number of nitrogens with two attached hydrogens (primary N) is 3. The van der Waals surface area contributed by atoms with Gasteiger partial charge in [-0.3, -0.25) is 0 Å². The summed E-state index contributed by atoms with van der Waals surface area (Å²) >= 11 is 0. The van der Waals surface area contributed by atoms with Crippen molar-refractivity contribution in [1.82, 2.24) is 9.97 Å². The molecule has 0 saturated heterocycles. The van der Waals surface area contributed by atoms with Crippen molar-refractivity contribution in [2.45, 2.75) is 4.90 Å². The summed E-state index contributed by atoms with van der Waals surface area (Å²) in [6.07, 6.45) is 0. The first-order chi connectivity index (χ1) is 8.79. The van der Waals surface area contributed by atoms with E-state index in [9.17, 15) is 13.0 Å². The lowest BCUT2D eigenvalue weighted by Gasteiger charge is -2.09. The molecule has 1 aromatic heterocycles. The van der Waals surface area contributed by atoms with Crippen molar-refractivity contribution in [3.8, 4) is 5.69 Å². The van der Waals surface area contributed by atoms with Crippen LogP contribution in [0.4, 0.5) is 17.8 Å². The molecule has 6 N–H and O–H groups in total. The van der Waals surface area contributed by atoms with Crippen LogP contribution >= 0.6 is 0 Å². The van der Waals surface area contributed by atoms with Gasteiger partial charge in [-0.05, 0) is 24.3 Å². The van der Waals surface area contributed by atoms with Crippen molar-refractivity contribution in [3.05, 3.63) is 24.3 Å². The number of hydrogen-bond acceptors (Lipinski definition) is 8. The summed E-state index contributed by atoms with van der Waals surface area (Å²) in [7, 11) is -4.50. The van der Waals surface area contributed by atoms with Gasteiger partial charge in [-0.2, -0.15) is 4.57 Å². The molecule has 100 valence electrons. The monoisotopic (exact) mass is 282 g/mol. The van der Waals surface area contributed by atoms with Crippen molar-refractivity contribution in [2.24, 2.45) is 0 Å². The third-order valence-electron chi connectivity index (χ3n) is 2.30. The fraction of sp³-hybridized carbons (Fsp3) is 0. The van der Waals surface area contributed by atoms with Crippen LogP contribution in [0.15, 0.2) is 29.2 Å². The van der Waals surface area contributed by atoms with Crippen LogP contribution in [-0.4, -0.2) is 22.9 Å². The van der Waals surface area contributed by atoms with E-state index in [-0.39, 0.29) is 22.7 Å². The van der Waals surface area contributed by atoms with E-state index < -0.39 is 10.1 Å². The molecule has 0 fully saturated rings. The number of nitrogen functional groups attached to an aromatic ring is 3. The second-order valence-corrected chi connectivity index (χ2v) is 4.96. The van der Waals surface area contributed by atoms with E-state index in [1.54, 1.807) is 0 Å². The highest BCUT2D eigenvalue weighted by Crippen LogP contribution is 2.12. The van der Waals surface area contributed by atoms with Crippen LogP contribution in [0.3, 0.4) is 0 Å². The first kappa shape index (κ1) is 13.0. The second kappa shape index (κ2) is 4.33. The van der Waals surface area contributed by atoms with E-state index in [1.807, 2.05) is 0 Å². The van der Waals surface area contributed by atoms with Crippen LogP contribution in [0, 0.1) is 0 Å². The Balaban J connectivity index is 2.55. The Bertz CT molecular complexity index is 705. The Hall–Kier alpha value is -2.46. The molecule has 10 heteroatoms. The lowest BCUT2D eigenvalue weighted by Crippen LogP contribution is -2.40. The first-order valence-corrected chi connectivity index (χ1v) is 6.37. The number of hydrogen-bond donors (Lipinski definition) is 3. The standard InChI is InChI=1S/C9H10N6O3S/c10-7-13-8(11)15(9(12)14-7)5-1-3-6(4-2-5)19(16,17)18/h1-4H,(H6,10,11,12,13,14,16,17,18). The van der Waals surface area contributed by atoms with E-state index >= 15 is 0 Å². The van der Waals surface area contributed by atoms with Crippen LogP contribution in [0.25, 0.3) is 5.69 Å². The van der Waals surface area contributed by atoms with Crippen LogP contribution in [-0.2, 0) is 10.1 Å². The molecular formula is C9H10N6O3S. The smallest absolute Gasteiger partial charge is 0.327 e. The van der Waals surface area contributed by atoms with Gasteiger partial charge in [-0.1, -0.05) is 9.97 Å². The topological polar surface area (TPSA) is 165 Å². The Morgan fingerprint density at radius 1 is 1.00 bits per heavy atom. The Morgan fingerprint density at radius 2 is 1.47 bits per heavy atom. The molecule has 0 amide bonds. The van der Waals surface area contributed by atoms with Crippen molar-refractivity contribution in [1.29, 1.82) is 0 Å². The van der Waals surface area contributed by atoms with Gasteiger partial charge in [-0.25, -0.2) is 8.42 Å². The number of nitrogens with zero attached hydrogens (tertiary/aromatic N) is 3. The van der Waals surface area contributed by atoms with Gasteiger partial charge in [0.2, 0.25) is 0 Å². The average molecular weight is 282 g/mol. The third-order valence-corrected chi connectivity index (χ3v) is 3.15. The summed E-state index contributed by atoms with van der Waals surface area (Å²) in [5, 5.41) is 0. The van der Waals surface area contributed by atoms with Gasteiger partial charge in [-0.15, -0.1) is 0 Å². The second-order valence-electron chi connectivity index (χ2n) is 3.58. The molecule has 0 saturated carbocycles. The highest BCUT2D eigenvalue weighted by atomic mass is 32.2. The minimum absolute atomic E-state index is 0.0114. The van der Waals surface area contributed by atoms with Gasteiger partial charge in [0, 0.05) is 0 Å². The van der Waals surface area contributed by atoms with Crippen molar-refractivity contribution < 1.29 is 17.5 Å². The Morgan fingerprint density at radius 3 is 1.89 bits per heavy atom. The maximum Gasteiger partial charge on any atom is 0.327 e. The summed E-state index contributed by atoms with van der Waals surface area (Å²) in [5.74, 6) is -0.101. The van der Waals surface area contributed by atoms with E-state index in [0.29, 0.717) is 5.69 Å². The van der Waals surface area contributed by atoms with Crippen LogP contribution in [0.2, 0.25) is 0 Å². The SMILES string of the molecule is Nc1nc(N)[n+](-c2ccc(S(=O)(=O)[O-])cc2)c(N)n1. The molecule has 0 bridgehead atoms. The van der Waals surface area contributed by atoms with Gasteiger partial charge in [0.1, 0.15) is 10.1 Å². The van der Waals surface area contributed by atoms with Crippen LogP contribution in [0.5, 0.6) is 0 Å². The first-order valence-electron chi connectivity index (χ1n) is 4.96. The lowest BCUT2D eigenvalue weighted by atomic mass is 10.3. The third kappa shape index (κ3) is 2.53. The molecule has 19 heavy (non-hydrogen) atoms. The van der Waals surface area contributed by atoms with E-state index in [1.165, 1.54) is 16.7 Å². The molecule has 2 rings (SSSR count). The maximum absolute atomic E-state index is 10.8. The fourth-order valence-corrected chi connectivity index (χ4v) is 1.97. The summed E-state index contributed by atoms with van der Waals surface area (Å²) in [4.78, 5) is 7.10. The average Bonchev–Trinajstić information content (AvgIpc) is 2.27. The van der Waals surface area contributed by atoms with Gasteiger partial charge in [0.25, 0.3) is 0 Å². The van der Waals surface area contributed by atoms with Gasteiger partial charge in [0.05, 0.1) is 10.6 Å². The molecule has 0 aliphatic heterocycles. The molecule has 0 unspecified atom stereocenters. The number of benzene rings is 1. The predicted octanol–water partition coefficient (Wildman–Crippen LogP) is -1.60. The zero-order valence-electron chi connectivity index (χ0n) is 9.52. The molecule has 1 aromatic carbocycles. The molecule has 0 spiro atoms. The van der Waals surface area contributed by atoms with Gasteiger partial charge in [0.15, 0.2) is 0 Å². The Kier molecular flexibility index (Phi) is 2.96. The summed E-state index contributed by atoms with van der Waals surface area (Å²) in [6.45, 7) is 0. The van der Waals surface area contributed by atoms with Crippen molar-refractivity contribution >= 4 is 28.0 Å². The zero-order chi connectivity index (χ0) is 14.2. The molecular weight excluding hydrogens is 272 g/mol. The van der Waals surface area contributed by atoms with Crippen molar-refractivity contribution in [2.75, 3.05) is 17.2 Å². The largest absolute Gasteiger partial charge is 0.744 e. The number of aromatic nitrogens is 3. The number of rotatable bonds is 2. The lowest BCUT2D eigenvalue weighted by molar-refractivity contribution is -0.570. The summed E-state index contributed by atoms with van der Waals surface area (Å²) in [6, 6.07) is 4.99. The van der Waals surface area contributed by atoms with E-state index in [2.05, 4.69) is 9.97 Å². The maximum atomic E-state index is 10.8. The highest BCUT2D eigenvalue weighted by molar-refractivity contribution is 7.85. The summed E-state index contributed by atoms with van der Waals surface area (Å²) in [5.41, 5.74) is 17.1. The van der Waals surface area contributed by atoms with Crippen molar-refractivity contribution in [3.63, 3.8) is 0 Å². The molecule has 1 heterocycles. The Labute approximate surface area is 108 Å². The summed E-state index contributed by atoms with van der Waals surface area (Å²) < 4.78 is 33.7. The van der Waals surface area contributed by atoms with E-state index in [4.69, 9.17) is 17.2 Å². The quantitative estimate of drug-likeness (QED) is 0.437. The molecule has 0 aliphatic carbocycles. The molecule has 2 aromatic rings.